The van der Waals surface area contributed by atoms with Crippen LogP contribution in [0.15, 0.2) is 77.7 Å². The first-order chi connectivity index (χ1) is 18.6. The number of rotatable bonds is 12. The molecule has 0 aliphatic carbocycles. The molecule has 10 heteroatoms. The Balaban J connectivity index is 2.06. The second kappa shape index (κ2) is 13.6. The molecule has 39 heavy (non-hydrogen) atoms. The second-order valence-electron chi connectivity index (χ2n) is 9.12. The highest BCUT2D eigenvalue weighted by Gasteiger charge is 2.33. The summed E-state index contributed by atoms with van der Waals surface area (Å²) in [4.78, 5) is 28.4. The van der Waals surface area contributed by atoms with Crippen molar-refractivity contribution in [2.45, 2.75) is 51.1 Å². The normalized spacial score (nSPS) is 12.0. The van der Waals surface area contributed by atoms with Crippen molar-refractivity contribution in [3.05, 3.63) is 94.8 Å². The number of aryl methyl sites for hydroxylation is 1. The van der Waals surface area contributed by atoms with Gasteiger partial charge in [-0.3, -0.25) is 13.9 Å². The van der Waals surface area contributed by atoms with E-state index in [1.54, 1.807) is 44.2 Å². The Morgan fingerprint density at radius 3 is 2.26 bits per heavy atom. The molecule has 0 saturated heterocycles. The topological polar surface area (TPSA) is 86.8 Å². The summed E-state index contributed by atoms with van der Waals surface area (Å²) in [6.07, 6.45) is 1.01. The molecule has 0 saturated carbocycles. The van der Waals surface area contributed by atoms with Gasteiger partial charge in [-0.15, -0.1) is 0 Å². The van der Waals surface area contributed by atoms with Gasteiger partial charge in [-0.1, -0.05) is 61.8 Å². The van der Waals surface area contributed by atoms with Crippen molar-refractivity contribution in [2.75, 3.05) is 17.4 Å². The van der Waals surface area contributed by atoms with Crippen LogP contribution in [0.5, 0.6) is 0 Å². The molecular weight excluding hydrogens is 541 g/mol. The van der Waals surface area contributed by atoms with Crippen molar-refractivity contribution in [3.8, 4) is 0 Å². The Kier molecular flexibility index (Phi) is 10.5. The van der Waals surface area contributed by atoms with Crippen LogP contribution in [-0.2, 0) is 26.2 Å². The number of hydrogen-bond acceptors (Lipinski definition) is 4. The summed E-state index contributed by atoms with van der Waals surface area (Å²) in [6.45, 7) is 5.34. The van der Waals surface area contributed by atoms with Gasteiger partial charge in [0.05, 0.1) is 10.6 Å². The zero-order valence-corrected chi connectivity index (χ0v) is 23.8. The van der Waals surface area contributed by atoms with Gasteiger partial charge in [0.2, 0.25) is 11.8 Å². The van der Waals surface area contributed by atoms with Gasteiger partial charge in [-0.2, -0.15) is 0 Å². The van der Waals surface area contributed by atoms with Gasteiger partial charge in [0.15, 0.2) is 0 Å². The highest BCUT2D eigenvalue weighted by molar-refractivity contribution is 7.92. The van der Waals surface area contributed by atoms with Crippen LogP contribution in [0.3, 0.4) is 0 Å². The molecule has 0 spiro atoms. The third-order valence-electron chi connectivity index (χ3n) is 6.25. The van der Waals surface area contributed by atoms with Gasteiger partial charge < -0.3 is 10.2 Å². The summed E-state index contributed by atoms with van der Waals surface area (Å²) in [5, 5.41) is 3.18. The van der Waals surface area contributed by atoms with Crippen LogP contribution >= 0.6 is 11.6 Å². The quantitative estimate of drug-likeness (QED) is 0.318. The first-order valence-corrected chi connectivity index (χ1v) is 14.6. The number of hydrogen-bond donors (Lipinski definition) is 1. The van der Waals surface area contributed by atoms with Gasteiger partial charge in [0, 0.05) is 18.1 Å². The van der Waals surface area contributed by atoms with E-state index in [1.165, 1.54) is 47.4 Å². The molecule has 0 aliphatic heterocycles. The Morgan fingerprint density at radius 2 is 1.67 bits per heavy atom. The molecule has 0 aliphatic rings. The molecule has 3 rings (SSSR count). The second-order valence-corrected chi connectivity index (χ2v) is 11.4. The van der Waals surface area contributed by atoms with Crippen LogP contribution in [0.25, 0.3) is 0 Å². The third-order valence-corrected chi connectivity index (χ3v) is 8.45. The molecule has 2 amide bonds. The minimum Gasteiger partial charge on any atom is -0.354 e. The average Bonchev–Trinajstić information content (AvgIpc) is 2.93. The standard InChI is InChI=1S/C29H33ClFN3O4S/c1-4-17-32-29(36)27(5-2)33(19-22-12-14-23(31)15-13-22)28(35)20-34(24-16-11-21(3)26(30)18-24)39(37,38)25-9-7-6-8-10-25/h6-16,18,27H,4-5,17,19-20H2,1-3H3,(H,32,36)/t27-/m1/s1. The van der Waals surface area contributed by atoms with Crippen LogP contribution in [0.4, 0.5) is 10.1 Å². The number of amides is 2. The van der Waals surface area contributed by atoms with Crippen LogP contribution in [0.1, 0.15) is 37.8 Å². The molecular formula is C29H33ClFN3O4S. The average molecular weight is 574 g/mol. The fourth-order valence-corrected chi connectivity index (χ4v) is 5.66. The van der Waals surface area contributed by atoms with E-state index in [0.717, 1.165) is 9.87 Å². The van der Waals surface area contributed by atoms with Crippen LogP contribution < -0.4 is 9.62 Å². The van der Waals surface area contributed by atoms with Crippen molar-refractivity contribution >= 4 is 39.1 Å². The summed E-state index contributed by atoms with van der Waals surface area (Å²) in [7, 11) is -4.18. The Morgan fingerprint density at radius 1 is 1.00 bits per heavy atom. The zero-order valence-electron chi connectivity index (χ0n) is 22.2. The predicted octanol–water partition coefficient (Wildman–Crippen LogP) is 5.32. The molecule has 1 N–H and O–H groups in total. The summed E-state index contributed by atoms with van der Waals surface area (Å²) in [5.41, 5.74) is 1.57. The van der Waals surface area contributed by atoms with Gasteiger partial charge >= 0.3 is 0 Å². The molecule has 0 radical (unpaired) electrons. The molecule has 3 aromatic carbocycles. The fourth-order valence-electron chi connectivity index (χ4n) is 4.06. The molecule has 7 nitrogen and oxygen atoms in total. The number of anilines is 1. The molecule has 0 bridgehead atoms. The predicted molar refractivity (Wildman–Crippen MR) is 151 cm³/mol. The van der Waals surface area contributed by atoms with Crippen LogP contribution in [0, 0.1) is 12.7 Å². The van der Waals surface area contributed by atoms with Crippen molar-refractivity contribution in [1.82, 2.24) is 10.2 Å². The van der Waals surface area contributed by atoms with E-state index in [9.17, 15) is 22.4 Å². The fraction of sp³-hybridized carbons (Fsp3) is 0.310. The summed E-state index contributed by atoms with van der Waals surface area (Å²) >= 11 is 6.34. The number of nitrogens with one attached hydrogen (secondary N) is 1. The number of halogens is 2. The van der Waals surface area contributed by atoms with Gasteiger partial charge in [0.1, 0.15) is 18.4 Å². The van der Waals surface area contributed by atoms with E-state index in [0.29, 0.717) is 30.0 Å². The first-order valence-electron chi connectivity index (χ1n) is 12.7. The molecule has 1 atom stereocenters. The molecule has 208 valence electrons. The number of carbonyl (C=O) groups excluding carboxylic acids is 2. The number of sulfonamides is 1. The van der Waals surface area contributed by atoms with E-state index in [2.05, 4.69) is 5.32 Å². The first kappa shape index (κ1) is 30.1. The molecule has 3 aromatic rings. The van der Waals surface area contributed by atoms with E-state index < -0.39 is 34.3 Å². The lowest BCUT2D eigenvalue weighted by molar-refractivity contribution is -0.140. The lowest BCUT2D eigenvalue weighted by Crippen LogP contribution is -2.52. The number of carbonyl (C=O) groups is 2. The molecule has 0 heterocycles. The maximum atomic E-state index is 13.9. The smallest absolute Gasteiger partial charge is 0.264 e. The van der Waals surface area contributed by atoms with Crippen molar-refractivity contribution in [2.24, 2.45) is 0 Å². The maximum absolute atomic E-state index is 13.9. The highest BCUT2D eigenvalue weighted by atomic mass is 35.5. The van der Waals surface area contributed by atoms with Crippen molar-refractivity contribution in [3.63, 3.8) is 0 Å². The van der Waals surface area contributed by atoms with E-state index in [-0.39, 0.29) is 23.0 Å². The van der Waals surface area contributed by atoms with Crippen LogP contribution in [0.2, 0.25) is 5.02 Å². The van der Waals surface area contributed by atoms with Gasteiger partial charge in [-0.25, -0.2) is 12.8 Å². The summed E-state index contributed by atoms with van der Waals surface area (Å²) in [6, 6.07) is 17.3. The SMILES string of the molecule is CCCNC(=O)[C@@H](CC)N(Cc1ccc(F)cc1)C(=O)CN(c1ccc(C)c(Cl)c1)S(=O)(=O)c1ccccc1. The Hall–Kier alpha value is -3.43. The minimum absolute atomic E-state index is 0.00677. The summed E-state index contributed by atoms with van der Waals surface area (Å²) in [5.74, 6) is -1.36. The number of nitrogens with zero attached hydrogens (tertiary/aromatic N) is 2. The molecule has 0 aromatic heterocycles. The van der Waals surface area contributed by atoms with E-state index >= 15 is 0 Å². The molecule has 0 fully saturated rings. The zero-order chi connectivity index (χ0) is 28.6. The summed E-state index contributed by atoms with van der Waals surface area (Å²) < 4.78 is 42.1. The van der Waals surface area contributed by atoms with E-state index in [4.69, 9.17) is 11.6 Å². The van der Waals surface area contributed by atoms with Gasteiger partial charge in [-0.05, 0) is 67.3 Å². The van der Waals surface area contributed by atoms with Crippen molar-refractivity contribution in [1.29, 1.82) is 0 Å². The highest BCUT2D eigenvalue weighted by Crippen LogP contribution is 2.28. The lowest BCUT2D eigenvalue weighted by atomic mass is 10.1. The third kappa shape index (κ3) is 7.58. The monoisotopic (exact) mass is 573 g/mol. The Labute approximate surface area is 234 Å². The van der Waals surface area contributed by atoms with E-state index in [1.807, 2.05) is 6.92 Å². The lowest BCUT2D eigenvalue weighted by Gasteiger charge is -2.33. The molecule has 0 unspecified atom stereocenters. The Bertz CT molecular complexity index is 1390. The van der Waals surface area contributed by atoms with Crippen molar-refractivity contribution < 1.29 is 22.4 Å². The largest absolute Gasteiger partial charge is 0.354 e. The van der Waals surface area contributed by atoms with Crippen LogP contribution in [-0.4, -0.2) is 44.3 Å². The van der Waals surface area contributed by atoms with Gasteiger partial charge in [0.25, 0.3) is 10.0 Å². The maximum Gasteiger partial charge on any atom is 0.264 e. The number of benzene rings is 3. The minimum atomic E-state index is -4.18.